The number of nitrogens with one attached hydrogen (secondary N) is 1. The predicted molar refractivity (Wildman–Crippen MR) is 150 cm³/mol. The van der Waals surface area contributed by atoms with Crippen molar-refractivity contribution in [1.82, 2.24) is 19.9 Å². The van der Waals surface area contributed by atoms with Gasteiger partial charge in [-0.1, -0.05) is 6.07 Å². The molecule has 0 aliphatic carbocycles. The molecule has 0 bridgehead atoms. The molecule has 3 aliphatic rings. The van der Waals surface area contributed by atoms with E-state index in [2.05, 4.69) is 37.1 Å². The maximum atomic E-state index is 13.7. The van der Waals surface area contributed by atoms with Crippen LogP contribution in [0.25, 0.3) is 16.8 Å². The molecule has 2 atom stereocenters. The highest BCUT2D eigenvalue weighted by molar-refractivity contribution is 6.10. The van der Waals surface area contributed by atoms with E-state index in [0.29, 0.717) is 83.9 Å². The van der Waals surface area contributed by atoms with Crippen LogP contribution in [0.5, 0.6) is 0 Å². The summed E-state index contributed by atoms with van der Waals surface area (Å²) < 4.78 is 11.6. The standard InChI is InChI=1S/C27H33N9O3/c1-29-12-17(11-28)21-4-3-5-23(30-21)31-26(37)20-10-22-24(33-27(39-22)35-6-8-38-9-7-35)32-25(20)36-15-18-13-34(2)14-19(18)16-36/h3-5,10-12,18-19H,6-9,13-16,28H2,1-2H3,(H,30,31,37). The molecule has 3 aromatic heterocycles. The first kappa shape index (κ1) is 25.3. The SMILES string of the molecule is CN=CC(=CN)c1cccc(NC(=O)c2cc3oc(N4CCOCC4)nc3nc2N2CC3CN(C)CC3C2)n1. The number of nitrogens with zero attached hydrogens (tertiary/aromatic N) is 7. The van der Waals surface area contributed by atoms with Gasteiger partial charge in [-0.2, -0.15) is 4.98 Å². The summed E-state index contributed by atoms with van der Waals surface area (Å²) in [5.41, 5.74) is 8.41. The molecule has 6 heterocycles. The minimum Gasteiger partial charge on any atom is -0.422 e. The van der Waals surface area contributed by atoms with Crippen LogP contribution in [0.1, 0.15) is 16.1 Å². The molecule has 3 aromatic rings. The van der Waals surface area contributed by atoms with Crippen molar-refractivity contribution in [2.75, 3.05) is 81.7 Å². The van der Waals surface area contributed by atoms with Gasteiger partial charge in [0.1, 0.15) is 11.6 Å². The fraction of sp³-hybridized carbons (Fsp3) is 0.444. The van der Waals surface area contributed by atoms with E-state index in [4.69, 9.17) is 19.9 Å². The number of likely N-dealkylation sites (tertiary alicyclic amines) is 1. The van der Waals surface area contributed by atoms with Crippen molar-refractivity contribution < 1.29 is 13.9 Å². The molecule has 2 unspecified atom stereocenters. The van der Waals surface area contributed by atoms with Gasteiger partial charge >= 0.3 is 0 Å². The van der Waals surface area contributed by atoms with Crippen LogP contribution < -0.4 is 20.9 Å². The average molecular weight is 532 g/mol. The number of fused-ring (bicyclic) bond motifs is 2. The Balaban J connectivity index is 1.34. The van der Waals surface area contributed by atoms with Crippen LogP contribution in [-0.4, -0.2) is 98.6 Å². The number of rotatable bonds is 6. The second-order valence-corrected chi connectivity index (χ2v) is 10.3. The number of anilines is 3. The van der Waals surface area contributed by atoms with E-state index in [-0.39, 0.29) is 5.91 Å². The van der Waals surface area contributed by atoms with Crippen LogP contribution in [0.15, 0.2) is 39.9 Å². The number of allylic oxidation sites excluding steroid dienone is 1. The molecule has 204 valence electrons. The number of aromatic nitrogens is 3. The number of oxazole rings is 1. The van der Waals surface area contributed by atoms with Crippen molar-refractivity contribution in [3.8, 4) is 0 Å². The Morgan fingerprint density at radius 1 is 1.10 bits per heavy atom. The highest BCUT2D eigenvalue weighted by Crippen LogP contribution is 2.36. The lowest BCUT2D eigenvalue weighted by molar-refractivity contribution is 0.102. The molecule has 1 amide bonds. The minimum absolute atomic E-state index is 0.315. The van der Waals surface area contributed by atoms with Gasteiger partial charge < -0.3 is 34.9 Å². The van der Waals surface area contributed by atoms with Crippen LogP contribution >= 0.6 is 0 Å². The summed E-state index contributed by atoms with van der Waals surface area (Å²) in [6.45, 7) is 6.41. The van der Waals surface area contributed by atoms with Crippen LogP contribution in [0.4, 0.5) is 17.7 Å². The first-order valence-corrected chi connectivity index (χ1v) is 13.2. The van der Waals surface area contributed by atoms with Crippen LogP contribution in [0.2, 0.25) is 0 Å². The Kier molecular flexibility index (Phi) is 6.88. The Bertz CT molecular complexity index is 1420. The number of hydrogen-bond donors (Lipinski definition) is 2. The largest absolute Gasteiger partial charge is 0.422 e. The molecule has 0 aromatic carbocycles. The van der Waals surface area contributed by atoms with Gasteiger partial charge in [-0.3, -0.25) is 9.79 Å². The van der Waals surface area contributed by atoms with Crippen molar-refractivity contribution >= 4 is 46.6 Å². The molecule has 6 rings (SSSR count). The molecule has 0 saturated carbocycles. The van der Waals surface area contributed by atoms with E-state index in [1.165, 1.54) is 6.20 Å². The first-order valence-electron chi connectivity index (χ1n) is 13.2. The number of nitrogens with two attached hydrogens (primary N) is 1. The lowest BCUT2D eigenvalue weighted by atomic mass is 10.0. The predicted octanol–water partition coefficient (Wildman–Crippen LogP) is 1.70. The van der Waals surface area contributed by atoms with Gasteiger partial charge in [-0.05, 0) is 31.0 Å². The van der Waals surface area contributed by atoms with Gasteiger partial charge in [0, 0.05) is 70.4 Å². The Morgan fingerprint density at radius 2 is 1.87 bits per heavy atom. The van der Waals surface area contributed by atoms with E-state index >= 15 is 0 Å². The number of carbonyl (C=O) groups is 1. The Labute approximate surface area is 226 Å². The van der Waals surface area contributed by atoms with Crippen molar-refractivity contribution in [1.29, 1.82) is 0 Å². The summed E-state index contributed by atoms with van der Waals surface area (Å²) in [5.74, 6) is 1.80. The number of carbonyl (C=O) groups excluding carboxylic acids is 1. The maximum Gasteiger partial charge on any atom is 0.300 e. The van der Waals surface area contributed by atoms with Crippen molar-refractivity contribution in [3.05, 3.63) is 41.7 Å². The molecule has 3 N–H and O–H groups in total. The fourth-order valence-electron chi connectivity index (χ4n) is 5.72. The summed E-state index contributed by atoms with van der Waals surface area (Å²) in [6.07, 6.45) is 3.07. The zero-order valence-electron chi connectivity index (χ0n) is 22.2. The summed E-state index contributed by atoms with van der Waals surface area (Å²) in [5, 5.41) is 2.95. The monoisotopic (exact) mass is 531 g/mol. The second kappa shape index (κ2) is 10.6. The number of aliphatic imine (C=N–C) groups is 1. The Morgan fingerprint density at radius 3 is 2.59 bits per heavy atom. The zero-order valence-corrected chi connectivity index (χ0v) is 22.2. The minimum atomic E-state index is -0.315. The number of morpholine rings is 1. The normalized spacial score (nSPS) is 22.3. The smallest absolute Gasteiger partial charge is 0.300 e. The number of hydrogen-bond acceptors (Lipinski definition) is 11. The molecular formula is C27H33N9O3. The molecule has 39 heavy (non-hydrogen) atoms. The number of amides is 1. The molecule has 12 nitrogen and oxygen atoms in total. The number of pyridine rings is 2. The third kappa shape index (κ3) is 5.04. The molecular weight excluding hydrogens is 498 g/mol. The molecule has 3 aliphatic heterocycles. The third-order valence-corrected chi connectivity index (χ3v) is 7.58. The summed E-state index contributed by atoms with van der Waals surface area (Å²) in [7, 11) is 3.82. The van der Waals surface area contributed by atoms with E-state index in [9.17, 15) is 4.79 Å². The molecule has 0 radical (unpaired) electrons. The highest BCUT2D eigenvalue weighted by Gasteiger charge is 2.40. The van der Waals surface area contributed by atoms with E-state index < -0.39 is 0 Å². The van der Waals surface area contributed by atoms with Crippen molar-refractivity contribution in [2.45, 2.75) is 0 Å². The average Bonchev–Trinajstić information content (AvgIpc) is 3.64. The molecule has 3 fully saturated rings. The van der Waals surface area contributed by atoms with Crippen molar-refractivity contribution in [3.63, 3.8) is 0 Å². The topological polar surface area (TPSA) is 138 Å². The van der Waals surface area contributed by atoms with E-state index in [0.717, 1.165) is 26.2 Å². The van der Waals surface area contributed by atoms with Crippen LogP contribution in [0.3, 0.4) is 0 Å². The summed E-state index contributed by atoms with van der Waals surface area (Å²) in [4.78, 5) is 38.5. The van der Waals surface area contributed by atoms with Crippen LogP contribution in [-0.2, 0) is 4.74 Å². The molecule has 0 spiro atoms. The molecule has 3 saturated heterocycles. The van der Waals surface area contributed by atoms with Gasteiger partial charge in [-0.25, -0.2) is 9.97 Å². The highest BCUT2D eigenvalue weighted by atomic mass is 16.5. The van der Waals surface area contributed by atoms with E-state index in [1.54, 1.807) is 25.4 Å². The van der Waals surface area contributed by atoms with Crippen molar-refractivity contribution in [2.24, 2.45) is 22.6 Å². The first-order chi connectivity index (χ1) is 19.0. The number of ether oxygens (including phenoxy) is 1. The van der Waals surface area contributed by atoms with Gasteiger partial charge in [0.05, 0.1) is 24.5 Å². The second-order valence-electron chi connectivity index (χ2n) is 10.3. The van der Waals surface area contributed by atoms with Gasteiger partial charge in [0.2, 0.25) is 5.65 Å². The Hall–Kier alpha value is -4.03. The summed E-state index contributed by atoms with van der Waals surface area (Å²) >= 11 is 0. The van der Waals surface area contributed by atoms with E-state index in [1.807, 2.05) is 17.0 Å². The quantitative estimate of drug-likeness (QED) is 0.452. The van der Waals surface area contributed by atoms with Gasteiger partial charge in [-0.15, -0.1) is 0 Å². The fourth-order valence-corrected chi connectivity index (χ4v) is 5.72. The van der Waals surface area contributed by atoms with Crippen LogP contribution in [0, 0.1) is 11.8 Å². The summed E-state index contributed by atoms with van der Waals surface area (Å²) in [6, 6.07) is 7.62. The zero-order chi connectivity index (χ0) is 26.9. The maximum absolute atomic E-state index is 13.7. The molecule has 12 heteroatoms. The third-order valence-electron chi connectivity index (χ3n) is 7.58. The lowest BCUT2D eigenvalue weighted by Gasteiger charge is -2.24. The van der Waals surface area contributed by atoms with Gasteiger partial charge in [0.25, 0.3) is 11.9 Å². The lowest BCUT2D eigenvalue weighted by Crippen LogP contribution is -2.36. The van der Waals surface area contributed by atoms with Gasteiger partial charge in [0.15, 0.2) is 5.58 Å².